The van der Waals surface area contributed by atoms with Crippen molar-refractivity contribution in [3.63, 3.8) is 0 Å². The topological polar surface area (TPSA) is 0 Å². The Labute approximate surface area is 123 Å². The average Bonchev–Trinajstić information content (AvgIpc) is 2.38. The molecule has 0 nitrogen and oxygen atoms in total. The molecule has 116 valence electrons. The quantitative estimate of drug-likeness (QED) is 0.328. The molecule has 0 N–H and O–H groups in total. The zero-order chi connectivity index (χ0) is 14.7. The fraction of sp³-hybridized carbons (Fsp3) is 1.00. The van der Waals surface area contributed by atoms with E-state index in [-0.39, 0.29) is 0 Å². The lowest BCUT2D eigenvalue weighted by Gasteiger charge is -2.36. The third-order valence-electron chi connectivity index (χ3n) is 5.27. The van der Waals surface area contributed by atoms with Crippen molar-refractivity contribution < 1.29 is 0 Å². The largest absolute Gasteiger partial charge is 0.0654 e. The third-order valence-corrected chi connectivity index (χ3v) is 5.27. The van der Waals surface area contributed by atoms with Crippen molar-refractivity contribution in [3.05, 3.63) is 0 Å². The molecular weight excluding hydrogens is 228 g/mol. The van der Waals surface area contributed by atoms with Crippen molar-refractivity contribution in [2.75, 3.05) is 0 Å². The molecule has 0 amide bonds. The van der Waals surface area contributed by atoms with Gasteiger partial charge in [-0.05, 0) is 23.7 Å². The Morgan fingerprint density at radius 3 is 1.79 bits per heavy atom. The molecule has 0 rings (SSSR count). The molecule has 0 spiro atoms. The van der Waals surface area contributed by atoms with Gasteiger partial charge in [0, 0.05) is 0 Å². The fourth-order valence-electron chi connectivity index (χ4n) is 3.15. The first-order valence-electron chi connectivity index (χ1n) is 8.95. The second-order valence-electron chi connectivity index (χ2n) is 7.41. The summed E-state index contributed by atoms with van der Waals surface area (Å²) in [6.45, 7) is 14.5. The van der Waals surface area contributed by atoms with Crippen LogP contribution in [-0.4, -0.2) is 0 Å². The molecule has 0 aliphatic heterocycles. The minimum absolute atomic E-state index is 0.526. The molecular formula is C19H40. The molecule has 2 unspecified atom stereocenters. The van der Waals surface area contributed by atoms with Crippen molar-refractivity contribution in [3.8, 4) is 0 Å². The van der Waals surface area contributed by atoms with Crippen LogP contribution in [0.3, 0.4) is 0 Å². The second kappa shape index (κ2) is 10.7. The molecule has 0 heteroatoms. The van der Waals surface area contributed by atoms with Gasteiger partial charge in [-0.3, -0.25) is 0 Å². The summed E-state index contributed by atoms with van der Waals surface area (Å²) in [5.41, 5.74) is 0.526. The van der Waals surface area contributed by atoms with E-state index in [1.807, 2.05) is 0 Å². The molecule has 0 saturated carbocycles. The van der Waals surface area contributed by atoms with Gasteiger partial charge >= 0.3 is 0 Å². The summed E-state index contributed by atoms with van der Waals surface area (Å²) in [7, 11) is 0. The molecule has 0 aromatic carbocycles. The zero-order valence-corrected chi connectivity index (χ0v) is 14.7. The SMILES string of the molecule is CCCCCCC(C)C(C)C(C)(C)CCCCCC. The van der Waals surface area contributed by atoms with Crippen LogP contribution < -0.4 is 0 Å². The summed E-state index contributed by atoms with van der Waals surface area (Å²) < 4.78 is 0. The van der Waals surface area contributed by atoms with Crippen molar-refractivity contribution in [1.82, 2.24) is 0 Å². The first-order chi connectivity index (χ1) is 8.95. The maximum absolute atomic E-state index is 2.49. The Hall–Kier alpha value is 0. The number of hydrogen-bond donors (Lipinski definition) is 0. The fourth-order valence-corrected chi connectivity index (χ4v) is 3.15. The predicted molar refractivity (Wildman–Crippen MR) is 89.6 cm³/mol. The molecule has 0 heterocycles. The van der Waals surface area contributed by atoms with Gasteiger partial charge in [-0.15, -0.1) is 0 Å². The standard InChI is InChI=1S/C19H40/c1-7-9-11-13-15-17(3)18(4)19(5,6)16-14-12-10-8-2/h17-18H,7-16H2,1-6H3. The third kappa shape index (κ3) is 8.71. The molecule has 0 radical (unpaired) electrons. The summed E-state index contributed by atoms with van der Waals surface area (Å²) in [6.07, 6.45) is 14.1. The van der Waals surface area contributed by atoms with Crippen LogP contribution in [0.4, 0.5) is 0 Å². The van der Waals surface area contributed by atoms with E-state index >= 15 is 0 Å². The van der Waals surface area contributed by atoms with Gasteiger partial charge in [0.2, 0.25) is 0 Å². The van der Waals surface area contributed by atoms with E-state index in [4.69, 9.17) is 0 Å². The minimum Gasteiger partial charge on any atom is -0.0654 e. The lowest BCUT2D eigenvalue weighted by atomic mass is 9.69. The maximum atomic E-state index is 2.49. The van der Waals surface area contributed by atoms with Crippen molar-refractivity contribution in [2.45, 2.75) is 106 Å². The van der Waals surface area contributed by atoms with Crippen LogP contribution in [0.1, 0.15) is 106 Å². The van der Waals surface area contributed by atoms with Gasteiger partial charge in [0.25, 0.3) is 0 Å². The molecule has 0 fully saturated rings. The van der Waals surface area contributed by atoms with Gasteiger partial charge in [-0.25, -0.2) is 0 Å². The normalized spacial score (nSPS) is 15.5. The highest BCUT2D eigenvalue weighted by Crippen LogP contribution is 2.38. The Morgan fingerprint density at radius 1 is 0.737 bits per heavy atom. The van der Waals surface area contributed by atoms with E-state index in [1.165, 1.54) is 64.2 Å². The summed E-state index contributed by atoms with van der Waals surface area (Å²) >= 11 is 0. The maximum Gasteiger partial charge on any atom is -0.0326 e. The Kier molecular flexibility index (Phi) is 10.7. The van der Waals surface area contributed by atoms with E-state index in [9.17, 15) is 0 Å². The van der Waals surface area contributed by atoms with E-state index in [2.05, 4.69) is 41.5 Å². The Morgan fingerprint density at radius 2 is 1.26 bits per heavy atom. The first kappa shape index (κ1) is 19.0. The van der Waals surface area contributed by atoms with Crippen LogP contribution >= 0.6 is 0 Å². The van der Waals surface area contributed by atoms with Gasteiger partial charge in [-0.2, -0.15) is 0 Å². The molecule has 0 aliphatic rings. The average molecular weight is 269 g/mol. The number of rotatable bonds is 12. The summed E-state index contributed by atoms with van der Waals surface area (Å²) in [4.78, 5) is 0. The van der Waals surface area contributed by atoms with Gasteiger partial charge in [0.1, 0.15) is 0 Å². The zero-order valence-electron chi connectivity index (χ0n) is 14.7. The molecule has 0 aromatic heterocycles. The van der Waals surface area contributed by atoms with Crippen LogP contribution in [0, 0.1) is 17.3 Å². The summed E-state index contributed by atoms with van der Waals surface area (Å²) in [5.74, 6) is 1.74. The molecule has 0 bridgehead atoms. The summed E-state index contributed by atoms with van der Waals surface area (Å²) in [5, 5.41) is 0. The van der Waals surface area contributed by atoms with Gasteiger partial charge in [-0.1, -0.05) is 99.3 Å². The lowest BCUT2D eigenvalue weighted by Crippen LogP contribution is -2.27. The van der Waals surface area contributed by atoms with Crippen molar-refractivity contribution in [1.29, 1.82) is 0 Å². The van der Waals surface area contributed by atoms with Gasteiger partial charge in [0.15, 0.2) is 0 Å². The first-order valence-corrected chi connectivity index (χ1v) is 8.95. The molecule has 19 heavy (non-hydrogen) atoms. The molecule has 0 saturated heterocycles. The molecule has 0 aromatic rings. The van der Waals surface area contributed by atoms with E-state index in [0.717, 1.165) is 11.8 Å². The minimum atomic E-state index is 0.526. The van der Waals surface area contributed by atoms with Crippen LogP contribution in [0.25, 0.3) is 0 Å². The van der Waals surface area contributed by atoms with Crippen molar-refractivity contribution in [2.24, 2.45) is 17.3 Å². The van der Waals surface area contributed by atoms with Crippen LogP contribution in [0.15, 0.2) is 0 Å². The highest BCUT2D eigenvalue weighted by atomic mass is 14.3. The molecule has 2 atom stereocenters. The molecule has 0 aliphatic carbocycles. The Balaban J connectivity index is 3.94. The van der Waals surface area contributed by atoms with Crippen LogP contribution in [-0.2, 0) is 0 Å². The van der Waals surface area contributed by atoms with E-state index in [0.29, 0.717) is 5.41 Å². The smallest absolute Gasteiger partial charge is 0.0326 e. The monoisotopic (exact) mass is 268 g/mol. The lowest BCUT2D eigenvalue weighted by molar-refractivity contribution is 0.140. The van der Waals surface area contributed by atoms with Gasteiger partial charge in [0.05, 0.1) is 0 Å². The van der Waals surface area contributed by atoms with Crippen LogP contribution in [0.2, 0.25) is 0 Å². The highest BCUT2D eigenvalue weighted by molar-refractivity contribution is 4.79. The predicted octanol–water partition coefficient (Wildman–Crippen LogP) is 7.23. The van der Waals surface area contributed by atoms with Crippen LogP contribution in [0.5, 0.6) is 0 Å². The van der Waals surface area contributed by atoms with Crippen molar-refractivity contribution >= 4 is 0 Å². The highest BCUT2D eigenvalue weighted by Gasteiger charge is 2.28. The summed E-state index contributed by atoms with van der Waals surface area (Å²) in [6, 6.07) is 0. The Bertz CT molecular complexity index is 192. The number of unbranched alkanes of at least 4 members (excludes halogenated alkanes) is 6. The van der Waals surface area contributed by atoms with E-state index < -0.39 is 0 Å². The number of hydrogen-bond acceptors (Lipinski definition) is 0. The van der Waals surface area contributed by atoms with Gasteiger partial charge < -0.3 is 0 Å². The second-order valence-corrected chi connectivity index (χ2v) is 7.41. The van der Waals surface area contributed by atoms with E-state index in [1.54, 1.807) is 0 Å².